The van der Waals surface area contributed by atoms with Crippen LogP contribution < -0.4 is 14.8 Å². The molecule has 0 bridgehead atoms. The second-order valence-electron chi connectivity index (χ2n) is 5.15. The van der Waals surface area contributed by atoms with E-state index < -0.39 is 0 Å². The van der Waals surface area contributed by atoms with Crippen LogP contribution >= 0.6 is 12.4 Å². The maximum absolute atomic E-state index is 5.58. The fourth-order valence-electron chi connectivity index (χ4n) is 2.47. The van der Waals surface area contributed by atoms with Crippen molar-refractivity contribution in [3.05, 3.63) is 46.9 Å². The van der Waals surface area contributed by atoms with Crippen LogP contribution in [0.4, 0.5) is 0 Å². The Balaban J connectivity index is 0.00000242. The molecule has 2 rings (SSSR count). The lowest BCUT2D eigenvalue weighted by Crippen LogP contribution is -2.18. The molecule has 0 fully saturated rings. The number of furan rings is 1. The summed E-state index contributed by atoms with van der Waals surface area (Å²) in [7, 11) is 3.34. The molecule has 1 aromatic heterocycles. The average Bonchev–Trinajstić information content (AvgIpc) is 2.83. The van der Waals surface area contributed by atoms with Crippen molar-refractivity contribution in [2.24, 2.45) is 0 Å². The van der Waals surface area contributed by atoms with Crippen molar-refractivity contribution >= 4 is 12.4 Å². The van der Waals surface area contributed by atoms with Crippen LogP contribution in [0.3, 0.4) is 0 Å². The van der Waals surface area contributed by atoms with Gasteiger partial charge in [-0.2, -0.15) is 0 Å². The molecule has 5 heteroatoms. The second kappa shape index (κ2) is 8.11. The summed E-state index contributed by atoms with van der Waals surface area (Å²) in [5.41, 5.74) is 2.26. The van der Waals surface area contributed by atoms with E-state index in [2.05, 4.69) is 18.3 Å². The van der Waals surface area contributed by atoms with Crippen molar-refractivity contribution in [2.75, 3.05) is 14.2 Å². The van der Waals surface area contributed by atoms with E-state index in [-0.39, 0.29) is 18.4 Å². The van der Waals surface area contributed by atoms with Gasteiger partial charge < -0.3 is 19.2 Å². The summed E-state index contributed by atoms with van der Waals surface area (Å²) in [6, 6.07) is 8.10. The van der Waals surface area contributed by atoms with Crippen LogP contribution in [0.5, 0.6) is 11.5 Å². The van der Waals surface area contributed by atoms with Gasteiger partial charge >= 0.3 is 0 Å². The second-order valence-corrected chi connectivity index (χ2v) is 5.15. The van der Waals surface area contributed by atoms with Crippen LogP contribution in [-0.4, -0.2) is 14.2 Å². The summed E-state index contributed by atoms with van der Waals surface area (Å²) >= 11 is 0. The van der Waals surface area contributed by atoms with Crippen molar-refractivity contribution in [3.63, 3.8) is 0 Å². The van der Waals surface area contributed by atoms with Crippen LogP contribution in [0.1, 0.15) is 35.6 Å². The van der Waals surface area contributed by atoms with Crippen molar-refractivity contribution in [1.29, 1.82) is 0 Å². The first-order valence-electron chi connectivity index (χ1n) is 7.06. The molecule has 122 valence electrons. The number of halogens is 1. The number of benzene rings is 1. The maximum Gasteiger partial charge on any atom is 0.123 e. The Morgan fingerprint density at radius 2 is 1.86 bits per heavy atom. The molecule has 0 aliphatic carbocycles. The molecule has 4 nitrogen and oxygen atoms in total. The largest absolute Gasteiger partial charge is 0.497 e. The van der Waals surface area contributed by atoms with Crippen LogP contribution in [0.25, 0.3) is 0 Å². The van der Waals surface area contributed by atoms with Gasteiger partial charge in [0.1, 0.15) is 23.0 Å². The quantitative estimate of drug-likeness (QED) is 0.865. The lowest BCUT2D eigenvalue weighted by Gasteiger charge is -2.15. The highest BCUT2D eigenvalue weighted by Gasteiger charge is 2.13. The number of rotatable bonds is 6. The minimum atomic E-state index is 0. The standard InChI is InChI=1S/C17H23NO3.ClH/c1-11-8-16(13(3)21-11)12(2)18-10-14-9-15(19-4)6-7-17(14)20-5;/h6-9,12,18H,10H2,1-5H3;1H. The lowest BCUT2D eigenvalue weighted by molar-refractivity contribution is 0.395. The van der Waals surface area contributed by atoms with Crippen LogP contribution in [0.15, 0.2) is 28.7 Å². The molecule has 0 aliphatic rings. The van der Waals surface area contributed by atoms with E-state index in [0.29, 0.717) is 6.54 Å². The normalized spacial score (nSPS) is 11.7. The molecule has 22 heavy (non-hydrogen) atoms. The summed E-state index contributed by atoms with van der Waals surface area (Å²) < 4.78 is 16.3. The zero-order chi connectivity index (χ0) is 15.4. The molecule has 0 saturated carbocycles. The van der Waals surface area contributed by atoms with E-state index in [9.17, 15) is 0 Å². The Kier molecular flexibility index (Phi) is 6.78. The summed E-state index contributed by atoms with van der Waals surface area (Å²) in [6.07, 6.45) is 0. The molecule has 1 unspecified atom stereocenters. The van der Waals surface area contributed by atoms with Crippen molar-refractivity contribution in [3.8, 4) is 11.5 Å². The number of hydrogen-bond donors (Lipinski definition) is 1. The molecule has 0 spiro atoms. The van der Waals surface area contributed by atoms with E-state index in [1.165, 1.54) is 5.56 Å². The lowest BCUT2D eigenvalue weighted by atomic mass is 10.1. The highest BCUT2D eigenvalue weighted by atomic mass is 35.5. The minimum Gasteiger partial charge on any atom is -0.497 e. The maximum atomic E-state index is 5.58. The van der Waals surface area contributed by atoms with E-state index in [0.717, 1.165) is 28.6 Å². The molecule has 0 saturated heterocycles. The number of methoxy groups -OCH3 is 2. The van der Waals surface area contributed by atoms with Gasteiger partial charge in [0.15, 0.2) is 0 Å². The van der Waals surface area contributed by atoms with Gasteiger partial charge in [-0.15, -0.1) is 12.4 Å². The average molecular weight is 326 g/mol. The van der Waals surface area contributed by atoms with Gasteiger partial charge in [0.05, 0.1) is 14.2 Å². The predicted molar refractivity (Wildman–Crippen MR) is 90.2 cm³/mol. The molecular weight excluding hydrogens is 302 g/mol. The minimum absolute atomic E-state index is 0. The molecule has 0 radical (unpaired) electrons. The fraction of sp³-hybridized carbons (Fsp3) is 0.412. The molecule has 1 atom stereocenters. The van der Waals surface area contributed by atoms with Gasteiger partial charge in [-0.05, 0) is 45.0 Å². The van der Waals surface area contributed by atoms with Gasteiger partial charge in [0, 0.05) is 23.7 Å². The zero-order valence-electron chi connectivity index (χ0n) is 13.7. The van der Waals surface area contributed by atoms with Gasteiger partial charge in [0.2, 0.25) is 0 Å². The van der Waals surface area contributed by atoms with E-state index in [4.69, 9.17) is 13.9 Å². The topological polar surface area (TPSA) is 43.6 Å². The van der Waals surface area contributed by atoms with Crippen molar-refractivity contribution in [2.45, 2.75) is 33.4 Å². The first kappa shape index (κ1) is 18.4. The Hall–Kier alpha value is -1.65. The molecule has 2 aromatic rings. The summed E-state index contributed by atoms with van der Waals surface area (Å²) in [5.74, 6) is 3.59. The fourth-order valence-corrected chi connectivity index (χ4v) is 2.47. The smallest absolute Gasteiger partial charge is 0.123 e. The van der Waals surface area contributed by atoms with Gasteiger partial charge in [-0.3, -0.25) is 0 Å². The number of aryl methyl sites for hydroxylation is 2. The summed E-state index contributed by atoms with van der Waals surface area (Å²) in [5, 5.41) is 3.50. The molecule has 1 aromatic carbocycles. The van der Waals surface area contributed by atoms with Crippen LogP contribution in [-0.2, 0) is 6.54 Å². The van der Waals surface area contributed by atoms with Gasteiger partial charge in [-0.1, -0.05) is 0 Å². The van der Waals surface area contributed by atoms with E-state index in [1.807, 2.05) is 32.0 Å². The Bertz CT molecular complexity index is 610. The first-order valence-corrected chi connectivity index (χ1v) is 7.06. The Labute approximate surface area is 138 Å². The number of ether oxygens (including phenoxy) is 2. The first-order chi connectivity index (χ1) is 10.0. The summed E-state index contributed by atoms with van der Waals surface area (Å²) in [6.45, 7) is 6.79. The van der Waals surface area contributed by atoms with Crippen LogP contribution in [0, 0.1) is 13.8 Å². The van der Waals surface area contributed by atoms with Crippen molar-refractivity contribution in [1.82, 2.24) is 5.32 Å². The molecule has 1 heterocycles. The van der Waals surface area contributed by atoms with Crippen molar-refractivity contribution < 1.29 is 13.9 Å². The molecule has 0 amide bonds. The zero-order valence-corrected chi connectivity index (χ0v) is 14.5. The van der Waals surface area contributed by atoms with Crippen LogP contribution in [0.2, 0.25) is 0 Å². The molecule has 1 N–H and O–H groups in total. The SMILES string of the molecule is COc1ccc(OC)c(CNC(C)c2cc(C)oc2C)c1.Cl. The number of hydrogen-bond acceptors (Lipinski definition) is 4. The monoisotopic (exact) mass is 325 g/mol. The Morgan fingerprint density at radius 1 is 1.14 bits per heavy atom. The van der Waals surface area contributed by atoms with E-state index >= 15 is 0 Å². The molecular formula is C17H24ClNO3. The Morgan fingerprint density at radius 3 is 2.41 bits per heavy atom. The third kappa shape index (κ3) is 4.18. The predicted octanol–water partition coefficient (Wildman–Crippen LogP) is 4.19. The number of nitrogens with one attached hydrogen (secondary N) is 1. The van der Waals surface area contributed by atoms with Gasteiger partial charge in [0.25, 0.3) is 0 Å². The highest BCUT2D eigenvalue weighted by molar-refractivity contribution is 5.85. The molecule has 0 aliphatic heterocycles. The van der Waals surface area contributed by atoms with Gasteiger partial charge in [-0.25, -0.2) is 0 Å². The third-order valence-corrected chi connectivity index (χ3v) is 3.63. The summed E-state index contributed by atoms with van der Waals surface area (Å²) in [4.78, 5) is 0. The highest BCUT2D eigenvalue weighted by Crippen LogP contribution is 2.26. The third-order valence-electron chi connectivity index (χ3n) is 3.63. The van der Waals surface area contributed by atoms with E-state index in [1.54, 1.807) is 14.2 Å².